The first-order valence-corrected chi connectivity index (χ1v) is 20.6. The Bertz CT molecular complexity index is 2730. The highest BCUT2D eigenvalue weighted by Crippen LogP contribution is 2.44. The molecule has 0 radical (unpaired) electrons. The summed E-state index contributed by atoms with van der Waals surface area (Å²) in [7, 11) is 9.36. The minimum absolute atomic E-state index is 0.250. The zero-order chi connectivity index (χ0) is 47.4. The molecule has 0 bridgehead atoms. The van der Waals surface area contributed by atoms with Gasteiger partial charge >= 0.3 is 12.2 Å². The van der Waals surface area contributed by atoms with E-state index in [0.29, 0.717) is 56.8 Å². The summed E-state index contributed by atoms with van der Waals surface area (Å²) < 4.78 is 50.9. The van der Waals surface area contributed by atoms with Gasteiger partial charge in [-0.3, -0.25) is 8.80 Å². The summed E-state index contributed by atoms with van der Waals surface area (Å²) in [4.78, 5) is 35.6. The molecule has 344 valence electrons. The van der Waals surface area contributed by atoms with E-state index in [9.17, 15) is 9.59 Å². The molecule has 6 heterocycles. The summed E-state index contributed by atoms with van der Waals surface area (Å²) in [5.74, 6) is 3.04. The number of aromatic nitrogens is 6. The van der Waals surface area contributed by atoms with Crippen molar-refractivity contribution in [1.29, 1.82) is 0 Å². The lowest BCUT2D eigenvalue weighted by atomic mass is 10.1. The van der Waals surface area contributed by atoms with Crippen molar-refractivity contribution in [2.45, 2.75) is 59.7 Å². The zero-order valence-corrected chi connectivity index (χ0v) is 39.0. The zero-order valence-electron chi connectivity index (χ0n) is 39.0. The van der Waals surface area contributed by atoms with Crippen LogP contribution in [0.5, 0.6) is 34.5 Å². The van der Waals surface area contributed by atoms with Gasteiger partial charge in [0.05, 0.1) is 42.7 Å². The first kappa shape index (κ1) is 47.1. The van der Waals surface area contributed by atoms with E-state index in [0.717, 1.165) is 33.5 Å². The second-order valence-corrected chi connectivity index (χ2v) is 16.4. The molecule has 17 nitrogen and oxygen atoms in total. The molecule has 0 aliphatic carbocycles. The monoisotopic (exact) mass is 892 g/mol. The molecule has 0 fully saturated rings. The van der Waals surface area contributed by atoms with Gasteiger partial charge in [0.2, 0.25) is 11.5 Å². The highest BCUT2D eigenvalue weighted by Gasteiger charge is 2.28. The normalized spacial score (nSPS) is 11.4. The molecule has 0 unspecified atom stereocenters. The van der Waals surface area contributed by atoms with Gasteiger partial charge in [-0.05, 0) is 108 Å². The summed E-state index contributed by atoms with van der Waals surface area (Å²) >= 11 is 0. The van der Waals surface area contributed by atoms with Crippen LogP contribution in [-0.2, 0) is 9.47 Å². The number of hydrogen-bond donors (Lipinski definition) is 1. The SMILES string of the molecule is CCO.COc1cc(-c2cn(C(=O)OC(C)(C)C)c3c2nc2ccccn23)cc(OC)c1OC.COc1cc(-c2cn(C(=O)OC(C)(C)C)c3c2nc2ccccn23)cc(OC)c1OC. The van der Waals surface area contributed by atoms with E-state index in [4.69, 9.17) is 53.0 Å². The lowest BCUT2D eigenvalue weighted by molar-refractivity contribution is 0.0532. The number of carbonyl (C=O) groups excluding carboxylic acids is 2. The molecule has 2 aromatic carbocycles. The molecule has 0 atom stereocenters. The van der Waals surface area contributed by atoms with Gasteiger partial charge in [0.25, 0.3) is 0 Å². The first-order valence-electron chi connectivity index (χ1n) is 20.6. The topological polar surface area (TPSA) is 173 Å². The number of nitrogens with zero attached hydrogens (tertiary/aromatic N) is 6. The molecular weight excluding hydrogens is 837 g/mol. The molecule has 0 amide bonds. The van der Waals surface area contributed by atoms with Crippen LogP contribution in [-0.4, -0.2) is 106 Å². The summed E-state index contributed by atoms with van der Waals surface area (Å²) in [6, 6.07) is 18.7. The van der Waals surface area contributed by atoms with Gasteiger partial charge in [0.15, 0.2) is 34.3 Å². The number of aliphatic hydroxyl groups is 1. The number of ether oxygens (including phenoxy) is 8. The smallest absolute Gasteiger partial charge is 0.420 e. The van der Waals surface area contributed by atoms with Crippen LogP contribution in [0.1, 0.15) is 48.5 Å². The predicted octanol–water partition coefficient (Wildman–Crippen LogP) is 9.53. The molecule has 65 heavy (non-hydrogen) atoms. The molecule has 0 spiro atoms. The fourth-order valence-corrected chi connectivity index (χ4v) is 7.09. The molecule has 0 aliphatic heterocycles. The van der Waals surface area contributed by atoms with Crippen LogP contribution in [0.3, 0.4) is 0 Å². The lowest BCUT2D eigenvalue weighted by Gasteiger charge is -2.19. The second-order valence-electron chi connectivity index (χ2n) is 16.4. The molecule has 6 aromatic heterocycles. The molecule has 1 N–H and O–H groups in total. The third kappa shape index (κ3) is 9.60. The van der Waals surface area contributed by atoms with Crippen molar-refractivity contribution in [3.05, 3.63) is 85.5 Å². The molecule has 0 saturated carbocycles. The number of fused-ring (bicyclic) bond motifs is 6. The van der Waals surface area contributed by atoms with E-state index in [1.54, 1.807) is 62.0 Å². The Balaban J connectivity index is 0.000000203. The fraction of sp³-hybridized carbons (Fsp3) is 0.333. The summed E-state index contributed by atoms with van der Waals surface area (Å²) in [6.07, 6.45) is 6.22. The molecule has 0 aliphatic rings. The van der Waals surface area contributed by atoms with Crippen LogP contribution < -0.4 is 28.4 Å². The van der Waals surface area contributed by atoms with Gasteiger partial charge < -0.3 is 43.0 Å². The standard InChI is InChI=1S/2C23H25N3O5.C2H6O/c2*1-23(2,3)31-22(27)26-13-15(19-21(26)25-10-8-7-9-18(25)24-19)14-11-16(28-4)20(30-6)17(12-14)29-5;1-2-3/h2*7-13H,1-6H3;3H,2H2,1H3. The highest BCUT2D eigenvalue weighted by molar-refractivity contribution is 6.00. The Morgan fingerprint density at radius 2 is 0.877 bits per heavy atom. The molecule has 17 heteroatoms. The van der Waals surface area contributed by atoms with Crippen molar-refractivity contribution in [1.82, 2.24) is 27.9 Å². The Morgan fingerprint density at radius 3 is 1.15 bits per heavy atom. The molecular formula is C48H56N6O11. The van der Waals surface area contributed by atoms with Crippen molar-refractivity contribution in [2.24, 2.45) is 0 Å². The quantitative estimate of drug-likeness (QED) is 0.153. The van der Waals surface area contributed by atoms with Crippen molar-refractivity contribution in [3.63, 3.8) is 0 Å². The maximum atomic E-state index is 13.0. The maximum absolute atomic E-state index is 13.0. The third-order valence-electron chi connectivity index (χ3n) is 9.62. The number of pyridine rings is 2. The third-order valence-corrected chi connectivity index (χ3v) is 9.62. The minimum atomic E-state index is -0.638. The summed E-state index contributed by atoms with van der Waals surface area (Å²) in [6.45, 7) is 12.9. The molecule has 8 rings (SSSR count). The average Bonchev–Trinajstić information content (AvgIpc) is 4.04. The van der Waals surface area contributed by atoms with Crippen molar-refractivity contribution >= 4 is 45.8 Å². The second kappa shape index (κ2) is 19.1. The van der Waals surface area contributed by atoms with E-state index >= 15 is 0 Å². The van der Waals surface area contributed by atoms with Gasteiger partial charge in [-0.15, -0.1) is 0 Å². The number of benzene rings is 2. The lowest BCUT2D eigenvalue weighted by Crippen LogP contribution is -2.27. The number of hydrogen-bond acceptors (Lipinski definition) is 13. The number of imidazole rings is 2. The maximum Gasteiger partial charge on any atom is 0.420 e. The van der Waals surface area contributed by atoms with Gasteiger partial charge in [-0.1, -0.05) is 12.1 Å². The Morgan fingerprint density at radius 1 is 0.554 bits per heavy atom. The van der Waals surface area contributed by atoms with Crippen LogP contribution in [0.15, 0.2) is 85.5 Å². The summed E-state index contributed by atoms with van der Waals surface area (Å²) in [5.41, 5.74) is 5.74. The van der Waals surface area contributed by atoms with Gasteiger partial charge in [-0.25, -0.2) is 28.7 Å². The number of carbonyl (C=O) groups is 2. The number of methoxy groups -OCH3 is 6. The number of aliphatic hydroxyl groups excluding tert-OH is 1. The van der Waals surface area contributed by atoms with Crippen molar-refractivity contribution in [2.75, 3.05) is 49.3 Å². The van der Waals surface area contributed by atoms with E-state index in [-0.39, 0.29) is 6.61 Å². The minimum Gasteiger partial charge on any atom is -0.493 e. The van der Waals surface area contributed by atoms with Crippen LogP contribution in [0.4, 0.5) is 9.59 Å². The van der Waals surface area contributed by atoms with Crippen LogP contribution in [0, 0.1) is 0 Å². The van der Waals surface area contributed by atoms with Crippen LogP contribution in [0.25, 0.3) is 55.9 Å². The molecule has 8 aromatic rings. The predicted molar refractivity (Wildman–Crippen MR) is 248 cm³/mol. The first-order chi connectivity index (χ1) is 30.9. The average molecular weight is 893 g/mol. The van der Waals surface area contributed by atoms with Crippen molar-refractivity contribution < 1.29 is 52.6 Å². The fourth-order valence-electron chi connectivity index (χ4n) is 7.09. The Labute approximate surface area is 376 Å². The largest absolute Gasteiger partial charge is 0.493 e. The van der Waals surface area contributed by atoms with Gasteiger partial charge in [0, 0.05) is 42.5 Å². The van der Waals surface area contributed by atoms with E-state index in [1.165, 1.54) is 9.13 Å². The van der Waals surface area contributed by atoms with E-state index in [1.807, 2.05) is 123 Å². The van der Waals surface area contributed by atoms with E-state index in [2.05, 4.69) is 0 Å². The van der Waals surface area contributed by atoms with Gasteiger partial charge in [-0.2, -0.15) is 0 Å². The summed E-state index contributed by atoms with van der Waals surface area (Å²) in [5, 5.41) is 7.57. The van der Waals surface area contributed by atoms with Crippen molar-refractivity contribution in [3.8, 4) is 56.8 Å². The Kier molecular flexibility index (Phi) is 13.9. The van der Waals surface area contributed by atoms with E-state index < -0.39 is 23.4 Å². The molecule has 0 saturated heterocycles. The van der Waals surface area contributed by atoms with Gasteiger partial charge in [0.1, 0.15) is 33.5 Å². The highest BCUT2D eigenvalue weighted by atomic mass is 16.6. The Hall–Kier alpha value is -7.40. The van der Waals surface area contributed by atoms with Crippen LogP contribution in [0.2, 0.25) is 0 Å². The number of rotatable bonds is 8. The van der Waals surface area contributed by atoms with Crippen LogP contribution >= 0.6 is 0 Å².